The average molecular weight is 1140 g/mol. The number of aromatic amines is 2. The van der Waals surface area contributed by atoms with E-state index in [2.05, 4.69) is 113 Å². The Kier molecular flexibility index (Phi) is 15.9. The molecule has 79 heavy (non-hydrogen) atoms. The van der Waals surface area contributed by atoms with Gasteiger partial charge in [0.25, 0.3) is 0 Å². The van der Waals surface area contributed by atoms with Crippen molar-refractivity contribution in [3.8, 4) is 33.4 Å². The molecule has 4 aromatic carbocycles. The van der Waals surface area contributed by atoms with Gasteiger partial charge in [0.2, 0.25) is 0 Å². The van der Waals surface area contributed by atoms with Gasteiger partial charge in [0.15, 0.2) is 11.6 Å². The van der Waals surface area contributed by atoms with Crippen LogP contribution in [0, 0.1) is 0 Å². The highest BCUT2D eigenvalue weighted by atomic mass is 79.9. The smallest absolute Gasteiger partial charge is 0.188 e. The summed E-state index contributed by atoms with van der Waals surface area (Å²) in [5.74, 6) is -0.0988. The molecule has 0 spiro atoms. The van der Waals surface area contributed by atoms with Crippen LogP contribution in [0.4, 0.5) is 0 Å². The second-order valence-corrected chi connectivity index (χ2v) is 27.7. The maximum Gasteiger partial charge on any atom is 0.188 e. The summed E-state index contributed by atoms with van der Waals surface area (Å²) in [4.78, 5) is 30.9. The zero-order valence-corrected chi connectivity index (χ0v) is 46.9. The first-order chi connectivity index (χ1) is 38.4. The van der Waals surface area contributed by atoms with E-state index in [9.17, 15) is 9.59 Å². The molecule has 0 saturated carbocycles. The number of nitrogens with zero attached hydrogens (tertiary/aromatic N) is 11. The molecule has 1 fully saturated rings. The molecule has 19 heteroatoms. The molecule has 2 N–H and O–H groups in total. The van der Waals surface area contributed by atoms with Crippen LogP contribution in [-0.4, -0.2) is 97.4 Å². The summed E-state index contributed by atoms with van der Waals surface area (Å²) in [5.41, 5.74) is 12.7. The van der Waals surface area contributed by atoms with Crippen LogP contribution in [-0.2, 0) is 42.1 Å². The van der Waals surface area contributed by atoms with E-state index in [1.54, 1.807) is 24.8 Å². The quantitative estimate of drug-likeness (QED) is 0.0444. The van der Waals surface area contributed by atoms with Crippen LogP contribution in [0.2, 0.25) is 25.7 Å². The zero-order chi connectivity index (χ0) is 54.3. The minimum absolute atomic E-state index is 0.0188. The van der Waals surface area contributed by atoms with E-state index >= 15 is 0 Å². The molecular weight excluding hydrogens is 1070 g/mol. The monoisotopic (exact) mass is 1130 g/mol. The fourth-order valence-corrected chi connectivity index (χ4v) is 10.9. The van der Waals surface area contributed by atoms with E-state index in [1.165, 1.54) is 0 Å². The second kappa shape index (κ2) is 23.8. The molecule has 1 saturated heterocycles. The number of H-pyrrole nitrogens is 2. The summed E-state index contributed by atoms with van der Waals surface area (Å²) in [6.07, 6.45) is 22.1. The highest BCUT2D eigenvalue weighted by Crippen LogP contribution is 2.31. The fraction of sp³-hybridized carbons (Fsp3) is 0.250. The van der Waals surface area contributed by atoms with E-state index in [0.29, 0.717) is 31.1 Å². The van der Waals surface area contributed by atoms with Gasteiger partial charge in [-0.1, -0.05) is 84.1 Å². The van der Waals surface area contributed by atoms with Gasteiger partial charge in [-0.15, -0.1) is 0 Å². The Morgan fingerprint density at radius 2 is 1.42 bits per heavy atom. The number of hydrogen-bond acceptors (Lipinski definition) is 11. The normalized spacial score (nSPS) is 13.7. The molecule has 0 aliphatic carbocycles. The molecule has 1 aliphatic heterocycles. The van der Waals surface area contributed by atoms with Crippen molar-refractivity contribution in [2.24, 2.45) is 0 Å². The fourth-order valence-electron chi connectivity index (χ4n) is 9.68. The average Bonchev–Trinajstić information content (AvgIpc) is 4.43. The number of hydrogen-bond donors (Lipinski definition) is 2. The van der Waals surface area contributed by atoms with Crippen LogP contribution < -0.4 is 0 Å². The number of halogens is 1. The number of ketones is 2. The predicted molar refractivity (Wildman–Crippen MR) is 310 cm³/mol. The Hall–Kier alpha value is -8.23. The first-order valence-corrected chi connectivity index (χ1v) is 31.0. The number of pyridine rings is 1. The number of nitrogens with one attached hydrogen (secondary N) is 2. The third-order valence-electron chi connectivity index (χ3n) is 13.9. The highest BCUT2D eigenvalue weighted by molar-refractivity contribution is 9.10. The van der Waals surface area contributed by atoms with E-state index in [-0.39, 0.29) is 37.4 Å². The summed E-state index contributed by atoms with van der Waals surface area (Å²) in [6, 6.07) is 33.5. The van der Waals surface area contributed by atoms with Gasteiger partial charge in [0, 0.05) is 97.7 Å². The minimum Gasteiger partial charge on any atom is -0.360 e. The molecule has 17 nitrogen and oxygen atoms in total. The summed E-state index contributed by atoms with van der Waals surface area (Å²) in [6.45, 7) is 9.98. The van der Waals surface area contributed by atoms with Gasteiger partial charge in [0.1, 0.15) is 24.3 Å². The van der Waals surface area contributed by atoms with Crippen LogP contribution in [0.1, 0.15) is 68.7 Å². The summed E-state index contributed by atoms with van der Waals surface area (Å²) in [5, 5.41) is 34.1. The molecule has 1 aliphatic rings. The van der Waals surface area contributed by atoms with Gasteiger partial charge in [-0.3, -0.25) is 34.1 Å². The van der Waals surface area contributed by atoms with Crippen molar-refractivity contribution in [2.75, 3.05) is 13.2 Å². The SMILES string of the molecule is C[Si](C)(C)CCOCn1nc(C(=O)Cc2cnn(Cc3cccc(Br)c3)c2)c2ccc(-c3cnn(C4CCCCO4)c3)cc21.O=C(Cc1cnn(Cc2cccc(-c3cccnc3)c2)c1)c1n[nH]c2cc(-c3cn[nH]c3)ccc12. The first kappa shape index (κ1) is 52.8. The van der Waals surface area contributed by atoms with Crippen molar-refractivity contribution < 1.29 is 19.1 Å². The topological polar surface area (TPSA) is 194 Å². The molecule has 0 amide bonds. The lowest BCUT2D eigenvalue weighted by Crippen LogP contribution is -2.22. The van der Waals surface area contributed by atoms with Gasteiger partial charge in [-0.2, -0.15) is 30.6 Å². The van der Waals surface area contributed by atoms with Crippen molar-refractivity contribution in [1.29, 1.82) is 0 Å². The molecule has 0 bridgehead atoms. The van der Waals surface area contributed by atoms with Crippen LogP contribution >= 0.6 is 15.9 Å². The van der Waals surface area contributed by atoms with Crippen molar-refractivity contribution in [3.63, 3.8) is 0 Å². The van der Waals surface area contributed by atoms with Gasteiger partial charge < -0.3 is 9.47 Å². The van der Waals surface area contributed by atoms with Gasteiger partial charge in [-0.25, -0.2) is 9.36 Å². The lowest BCUT2D eigenvalue weighted by atomic mass is 10.0. The summed E-state index contributed by atoms with van der Waals surface area (Å²) < 4.78 is 20.5. The standard InChI is InChI=1S/C33H39BrN6O3Si.C27H21N7O/c1-44(2,3)14-13-42-23-40-30-17-26(27-19-36-39(22-27)32-9-4-5-12-43-32)10-11-29(30)33(37-40)31(41)16-25-18-35-38(21-25)20-24-7-6-8-28(34)15-24;35-26(27-24-7-6-21(11-25(24)32-33-27)23-14-29-30-15-23)10-19-12-31-34(17-19)16-18-3-1-4-20(9-18)22-5-2-8-28-13-22/h6-8,10-11,15,17-19,21-22,32H,4-5,9,12-14,16,20,23H2,1-3H3;1-9,11-15,17H,10,16H2,(H,29,30)(H,32,33). The van der Waals surface area contributed by atoms with Crippen molar-refractivity contribution in [3.05, 3.63) is 197 Å². The highest BCUT2D eigenvalue weighted by Gasteiger charge is 2.22. The third kappa shape index (κ3) is 13.0. The Bertz CT molecular complexity index is 3870. The molecule has 8 heterocycles. The molecule has 7 aromatic heterocycles. The predicted octanol–water partition coefficient (Wildman–Crippen LogP) is 12.0. The van der Waals surface area contributed by atoms with Gasteiger partial charge >= 0.3 is 0 Å². The summed E-state index contributed by atoms with van der Waals surface area (Å²) >= 11 is 3.52. The maximum absolute atomic E-state index is 13.7. The number of Topliss-reactive ketones (excluding diaryl/α,β-unsaturated/α-hetero) is 2. The van der Waals surface area contributed by atoms with Crippen molar-refractivity contribution in [1.82, 2.24) is 64.5 Å². The molecule has 1 atom stereocenters. The van der Waals surface area contributed by atoms with Gasteiger partial charge in [-0.05, 0) is 118 Å². The number of rotatable bonds is 19. The van der Waals surface area contributed by atoms with Crippen LogP contribution in [0.15, 0.2) is 164 Å². The van der Waals surface area contributed by atoms with Crippen LogP contribution in [0.25, 0.3) is 55.2 Å². The number of carbonyl (C=O) groups excluding carboxylic acids is 2. The van der Waals surface area contributed by atoms with E-state index in [1.807, 2.05) is 117 Å². The van der Waals surface area contributed by atoms with Crippen molar-refractivity contribution >= 4 is 57.4 Å². The van der Waals surface area contributed by atoms with Crippen LogP contribution in [0.5, 0.6) is 0 Å². The number of benzene rings is 4. The lowest BCUT2D eigenvalue weighted by molar-refractivity contribution is -0.0394. The molecule has 0 radical (unpaired) electrons. The van der Waals surface area contributed by atoms with Crippen LogP contribution in [0.3, 0.4) is 0 Å². The number of aromatic nitrogens is 13. The molecule has 11 aromatic rings. The largest absolute Gasteiger partial charge is 0.360 e. The minimum atomic E-state index is -1.23. The van der Waals surface area contributed by atoms with Crippen molar-refractivity contribution in [2.45, 2.75) is 83.8 Å². The van der Waals surface area contributed by atoms with E-state index in [0.717, 1.165) is 114 Å². The second-order valence-electron chi connectivity index (χ2n) is 21.1. The number of carbonyl (C=O) groups is 2. The van der Waals surface area contributed by atoms with Gasteiger partial charge in [0.05, 0.1) is 48.9 Å². The molecule has 12 rings (SSSR count). The molecule has 400 valence electrons. The zero-order valence-electron chi connectivity index (χ0n) is 44.3. The maximum atomic E-state index is 13.7. The molecular formula is C60H60BrN13O4Si. The Balaban J connectivity index is 0.000000171. The van der Waals surface area contributed by atoms with E-state index in [4.69, 9.17) is 14.6 Å². The third-order valence-corrected chi connectivity index (χ3v) is 16.1. The molecule has 1 unspecified atom stereocenters. The first-order valence-electron chi connectivity index (χ1n) is 26.5. The number of fused-ring (bicyclic) bond motifs is 2. The number of ether oxygens (including phenoxy) is 2. The van der Waals surface area contributed by atoms with E-state index < -0.39 is 8.07 Å². The Morgan fingerprint density at radius 3 is 2.13 bits per heavy atom. The Morgan fingerprint density at radius 1 is 0.696 bits per heavy atom. The summed E-state index contributed by atoms with van der Waals surface area (Å²) in [7, 11) is -1.23. The Labute approximate surface area is 466 Å². The lowest BCUT2D eigenvalue weighted by Gasteiger charge is -2.22.